The Kier molecular flexibility index (Phi) is 4.56. The van der Waals surface area contributed by atoms with Gasteiger partial charge >= 0.3 is 0 Å². The number of fused-ring (bicyclic) bond motifs is 1. The third-order valence-electron chi connectivity index (χ3n) is 5.84. The Balaban J connectivity index is 1.10. The summed E-state index contributed by atoms with van der Waals surface area (Å²) in [6.45, 7) is 2.74. The number of aromatic nitrogens is 2. The highest BCUT2D eigenvalue weighted by Gasteiger charge is 2.56. The molecule has 1 unspecified atom stereocenters. The molecule has 142 valence electrons. The molecule has 6 heteroatoms. The number of hydrogen-bond acceptors (Lipinski definition) is 5. The zero-order chi connectivity index (χ0) is 18.9. The molecular formula is C22H22N4OS. The predicted molar refractivity (Wildman–Crippen MR) is 111 cm³/mol. The highest BCUT2D eigenvalue weighted by atomic mass is 32.1. The van der Waals surface area contributed by atoms with Crippen molar-refractivity contribution in [3.05, 3.63) is 65.7 Å². The summed E-state index contributed by atoms with van der Waals surface area (Å²) < 4.78 is 0. The van der Waals surface area contributed by atoms with E-state index in [1.165, 1.54) is 0 Å². The highest BCUT2D eigenvalue weighted by Crippen LogP contribution is 2.51. The Bertz CT molecular complexity index is 947. The fraction of sp³-hybridized carbons (Fsp3) is 0.318. The van der Waals surface area contributed by atoms with Gasteiger partial charge in [-0.25, -0.2) is 4.98 Å². The number of likely N-dealkylation sites (tertiary alicyclic amines) is 1. The van der Waals surface area contributed by atoms with Crippen molar-refractivity contribution in [2.75, 3.05) is 25.0 Å². The Hall–Kier alpha value is -2.73. The molecule has 2 fully saturated rings. The molecule has 3 aromatic rings. The average molecular weight is 391 g/mol. The summed E-state index contributed by atoms with van der Waals surface area (Å²) in [6, 6.07) is 15.9. The molecule has 1 aromatic carbocycles. The zero-order valence-corrected chi connectivity index (χ0v) is 16.3. The molecule has 1 N–H and O–H groups in total. The summed E-state index contributed by atoms with van der Waals surface area (Å²) in [6.07, 6.45) is 2.30. The van der Waals surface area contributed by atoms with E-state index in [4.69, 9.17) is 0 Å². The number of carbonyl (C=O) groups excluding carboxylic acids is 1. The first-order valence-electron chi connectivity index (χ1n) is 9.70. The van der Waals surface area contributed by atoms with Gasteiger partial charge in [0, 0.05) is 31.2 Å². The minimum Gasteiger partial charge on any atom is -0.361 e. The van der Waals surface area contributed by atoms with Crippen LogP contribution in [0, 0.1) is 17.8 Å². The summed E-state index contributed by atoms with van der Waals surface area (Å²) in [4.78, 5) is 23.5. The number of piperidine rings is 1. The molecular weight excluding hydrogens is 368 g/mol. The number of carbonyl (C=O) groups is 1. The van der Waals surface area contributed by atoms with Crippen LogP contribution in [0.5, 0.6) is 0 Å². The van der Waals surface area contributed by atoms with E-state index in [0.717, 1.165) is 41.7 Å². The third-order valence-corrected chi connectivity index (χ3v) is 6.64. The Morgan fingerprint density at radius 1 is 1.07 bits per heavy atom. The maximum absolute atomic E-state index is 12.5. The molecule has 1 aliphatic carbocycles. The van der Waals surface area contributed by atoms with Gasteiger partial charge in [-0.05, 0) is 35.4 Å². The standard InChI is InChI=1S/C22H22N4OS/c27-21(10-15-6-2-1-3-7-15)26-12-17-16(18(17)13-26)11-24-22-25-20(14-28-22)19-8-4-5-9-23-19/h1-9,14,16-18H,10-13H2,(H,24,25)/t16?,17-,18+. The van der Waals surface area contributed by atoms with E-state index in [9.17, 15) is 4.79 Å². The smallest absolute Gasteiger partial charge is 0.227 e. The lowest BCUT2D eigenvalue weighted by Crippen LogP contribution is -2.33. The SMILES string of the molecule is O=C(Cc1ccccc1)N1C[C@@H]2C(CNc3nc(-c4ccccn4)cs3)[C@@H]2C1. The first-order chi connectivity index (χ1) is 13.8. The number of hydrogen-bond donors (Lipinski definition) is 1. The highest BCUT2D eigenvalue weighted by molar-refractivity contribution is 7.14. The van der Waals surface area contributed by atoms with Gasteiger partial charge in [-0.3, -0.25) is 9.78 Å². The van der Waals surface area contributed by atoms with Gasteiger partial charge in [0.2, 0.25) is 5.91 Å². The minimum absolute atomic E-state index is 0.255. The summed E-state index contributed by atoms with van der Waals surface area (Å²) >= 11 is 1.62. The molecule has 1 aliphatic heterocycles. The number of nitrogens with one attached hydrogen (secondary N) is 1. The van der Waals surface area contributed by atoms with Crippen LogP contribution < -0.4 is 5.32 Å². The lowest BCUT2D eigenvalue weighted by Gasteiger charge is -2.20. The van der Waals surface area contributed by atoms with E-state index in [1.54, 1.807) is 17.5 Å². The molecule has 5 nitrogen and oxygen atoms in total. The van der Waals surface area contributed by atoms with Crippen LogP contribution in [0.1, 0.15) is 5.56 Å². The number of benzene rings is 1. The largest absolute Gasteiger partial charge is 0.361 e. The van der Waals surface area contributed by atoms with Crippen LogP contribution in [-0.4, -0.2) is 40.4 Å². The van der Waals surface area contributed by atoms with Crippen LogP contribution in [0.4, 0.5) is 5.13 Å². The average Bonchev–Trinajstić information content (AvgIpc) is 3.10. The van der Waals surface area contributed by atoms with Crippen LogP contribution in [0.25, 0.3) is 11.4 Å². The third kappa shape index (κ3) is 3.52. The molecule has 3 heterocycles. The number of amides is 1. The molecule has 5 rings (SSSR count). The molecule has 0 bridgehead atoms. The normalized spacial score (nSPS) is 22.7. The van der Waals surface area contributed by atoms with Crippen molar-refractivity contribution >= 4 is 22.4 Å². The lowest BCUT2D eigenvalue weighted by atomic mass is 10.1. The predicted octanol–water partition coefficient (Wildman–Crippen LogP) is 3.56. The van der Waals surface area contributed by atoms with E-state index >= 15 is 0 Å². The van der Waals surface area contributed by atoms with Crippen molar-refractivity contribution in [3.63, 3.8) is 0 Å². The first kappa shape index (κ1) is 17.4. The number of pyridine rings is 1. The fourth-order valence-electron chi connectivity index (χ4n) is 4.23. The van der Waals surface area contributed by atoms with Gasteiger partial charge in [0.25, 0.3) is 0 Å². The monoisotopic (exact) mass is 390 g/mol. The zero-order valence-electron chi connectivity index (χ0n) is 15.5. The second-order valence-corrected chi connectivity index (χ2v) is 8.44. The van der Waals surface area contributed by atoms with Gasteiger partial charge in [0.05, 0.1) is 12.1 Å². The number of nitrogens with zero attached hydrogens (tertiary/aromatic N) is 3. The maximum Gasteiger partial charge on any atom is 0.227 e. The number of anilines is 1. The van der Waals surface area contributed by atoms with Crippen LogP contribution in [0.15, 0.2) is 60.1 Å². The van der Waals surface area contributed by atoms with E-state index in [2.05, 4.69) is 15.3 Å². The van der Waals surface area contributed by atoms with Crippen molar-refractivity contribution in [3.8, 4) is 11.4 Å². The Morgan fingerprint density at radius 3 is 2.61 bits per heavy atom. The van der Waals surface area contributed by atoms with Crippen molar-refractivity contribution in [1.82, 2.24) is 14.9 Å². The van der Waals surface area contributed by atoms with Crippen molar-refractivity contribution in [1.29, 1.82) is 0 Å². The first-order valence-corrected chi connectivity index (χ1v) is 10.6. The minimum atomic E-state index is 0.255. The van der Waals surface area contributed by atoms with Gasteiger partial charge in [-0.1, -0.05) is 36.4 Å². The lowest BCUT2D eigenvalue weighted by molar-refractivity contribution is -0.130. The van der Waals surface area contributed by atoms with Gasteiger partial charge in [-0.2, -0.15) is 0 Å². The molecule has 1 saturated carbocycles. The van der Waals surface area contributed by atoms with E-state index in [-0.39, 0.29) is 5.91 Å². The second-order valence-electron chi connectivity index (χ2n) is 7.59. The van der Waals surface area contributed by atoms with Gasteiger partial charge in [-0.15, -0.1) is 11.3 Å². The summed E-state index contributed by atoms with van der Waals surface area (Å²) in [5.41, 5.74) is 2.92. The van der Waals surface area contributed by atoms with Crippen LogP contribution >= 0.6 is 11.3 Å². The molecule has 1 saturated heterocycles. The van der Waals surface area contributed by atoms with Crippen LogP contribution in [-0.2, 0) is 11.2 Å². The van der Waals surface area contributed by atoms with E-state index in [0.29, 0.717) is 24.2 Å². The molecule has 2 aliphatic rings. The molecule has 28 heavy (non-hydrogen) atoms. The van der Waals surface area contributed by atoms with Crippen molar-refractivity contribution < 1.29 is 4.79 Å². The Morgan fingerprint density at radius 2 is 1.86 bits per heavy atom. The maximum atomic E-state index is 12.5. The van der Waals surface area contributed by atoms with E-state index in [1.807, 2.05) is 58.8 Å². The topological polar surface area (TPSA) is 58.1 Å². The fourth-order valence-corrected chi connectivity index (χ4v) is 4.94. The molecule has 1 amide bonds. The van der Waals surface area contributed by atoms with Gasteiger partial charge in [0.1, 0.15) is 5.69 Å². The summed E-state index contributed by atoms with van der Waals surface area (Å²) in [7, 11) is 0. The Labute approximate surface area is 168 Å². The second kappa shape index (κ2) is 7.36. The molecule has 2 aromatic heterocycles. The van der Waals surface area contributed by atoms with Crippen molar-refractivity contribution in [2.24, 2.45) is 17.8 Å². The molecule has 0 radical (unpaired) electrons. The number of rotatable bonds is 6. The number of thiazole rings is 1. The van der Waals surface area contributed by atoms with Crippen LogP contribution in [0.3, 0.4) is 0 Å². The van der Waals surface area contributed by atoms with Gasteiger partial charge < -0.3 is 10.2 Å². The van der Waals surface area contributed by atoms with Crippen LogP contribution in [0.2, 0.25) is 0 Å². The van der Waals surface area contributed by atoms with E-state index < -0.39 is 0 Å². The van der Waals surface area contributed by atoms with Crippen molar-refractivity contribution in [2.45, 2.75) is 6.42 Å². The summed E-state index contributed by atoms with van der Waals surface area (Å²) in [5, 5.41) is 6.48. The molecule has 0 spiro atoms. The quantitative estimate of drug-likeness (QED) is 0.699. The molecule has 3 atom stereocenters. The summed E-state index contributed by atoms with van der Waals surface area (Å²) in [5.74, 6) is 2.19. The van der Waals surface area contributed by atoms with Gasteiger partial charge in [0.15, 0.2) is 5.13 Å².